The molecule has 4 heteroatoms. The second-order valence-corrected chi connectivity index (χ2v) is 5.59. The van der Waals surface area contributed by atoms with Gasteiger partial charge in [-0.15, -0.1) is 0 Å². The number of carboxylic acid groups (broad SMARTS) is 1. The minimum Gasteiger partial charge on any atom is -0.481 e. The zero-order valence-electron chi connectivity index (χ0n) is 12.7. The van der Waals surface area contributed by atoms with Crippen LogP contribution in [0.2, 0.25) is 0 Å². The van der Waals surface area contributed by atoms with Crippen molar-refractivity contribution in [2.24, 2.45) is 0 Å². The number of aromatic amines is 1. The van der Waals surface area contributed by atoms with Gasteiger partial charge >= 0.3 is 5.97 Å². The van der Waals surface area contributed by atoms with Gasteiger partial charge in [0, 0.05) is 28.6 Å². The SMILES string of the molecule is Cc1[nH]c2ccccc2c1[C@@H](CC(=O)c1ccccc1)C(=O)O. The number of benzene rings is 2. The molecule has 0 unspecified atom stereocenters. The van der Waals surface area contributed by atoms with Crippen LogP contribution in [0.5, 0.6) is 0 Å². The summed E-state index contributed by atoms with van der Waals surface area (Å²) in [5.74, 6) is -2.01. The highest BCUT2D eigenvalue weighted by Gasteiger charge is 2.28. The van der Waals surface area contributed by atoms with Gasteiger partial charge in [-0.1, -0.05) is 48.5 Å². The first-order chi connectivity index (χ1) is 11.1. The van der Waals surface area contributed by atoms with Crippen molar-refractivity contribution in [3.63, 3.8) is 0 Å². The molecule has 0 radical (unpaired) electrons. The minimum absolute atomic E-state index is 0.0535. The molecule has 23 heavy (non-hydrogen) atoms. The van der Waals surface area contributed by atoms with E-state index in [-0.39, 0.29) is 12.2 Å². The summed E-state index contributed by atoms with van der Waals surface area (Å²) in [6.07, 6.45) is -0.0535. The van der Waals surface area contributed by atoms with Crippen molar-refractivity contribution in [3.05, 3.63) is 71.4 Å². The van der Waals surface area contributed by atoms with E-state index in [0.29, 0.717) is 11.1 Å². The molecule has 0 aliphatic carbocycles. The van der Waals surface area contributed by atoms with Gasteiger partial charge in [0.1, 0.15) is 0 Å². The molecule has 2 aromatic carbocycles. The van der Waals surface area contributed by atoms with Gasteiger partial charge in [-0.25, -0.2) is 0 Å². The van der Waals surface area contributed by atoms with Crippen molar-refractivity contribution < 1.29 is 14.7 Å². The molecule has 0 fully saturated rings. The number of H-pyrrole nitrogens is 1. The Morgan fingerprint density at radius 3 is 2.39 bits per heavy atom. The summed E-state index contributed by atoms with van der Waals surface area (Å²) >= 11 is 0. The summed E-state index contributed by atoms with van der Waals surface area (Å²) < 4.78 is 0. The highest BCUT2D eigenvalue weighted by Crippen LogP contribution is 2.32. The number of para-hydroxylation sites is 1. The van der Waals surface area contributed by atoms with Crippen molar-refractivity contribution in [1.29, 1.82) is 0 Å². The largest absolute Gasteiger partial charge is 0.481 e. The molecule has 116 valence electrons. The summed E-state index contributed by atoms with van der Waals surface area (Å²) in [7, 11) is 0. The van der Waals surface area contributed by atoms with E-state index >= 15 is 0 Å². The van der Waals surface area contributed by atoms with Crippen LogP contribution in [-0.2, 0) is 4.79 Å². The van der Waals surface area contributed by atoms with E-state index in [9.17, 15) is 14.7 Å². The highest BCUT2D eigenvalue weighted by atomic mass is 16.4. The lowest BCUT2D eigenvalue weighted by Crippen LogP contribution is -2.17. The number of hydrogen-bond acceptors (Lipinski definition) is 2. The number of Topliss-reactive ketones (excluding diaryl/α,β-unsaturated/α-hetero) is 1. The van der Waals surface area contributed by atoms with E-state index in [0.717, 1.165) is 16.6 Å². The van der Waals surface area contributed by atoms with Crippen LogP contribution < -0.4 is 0 Å². The third-order valence-electron chi connectivity index (χ3n) is 4.08. The van der Waals surface area contributed by atoms with E-state index < -0.39 is 11.9 Å². The van der Waals surface area contributed by atoms with Crippen LogP contribution in [0, 0.1) is 6.92 Å². The fourth-order valence-corrected chi connectivity index (χ4v) is 2.99. The molecular weight excluding hydrogens is 290 g/mol. The predicted molar refractivity (Wildman–Crippen MR) is 88.8 cm³/mol. The zero-order valence-corrected chi connectivity index (χ0v) is 12.7. The molecule has 1 heterocycles. The van der Waals surface area contributed by atoms with Crippen LogP contribution >= 0.6 is 0 Å². The van der Waals surface area contributed by atoms with E-state index in [1.807, 2.05) is 37.3 Å². The van der Waals surface area contributed by atoms with Crippen molar-refractivity contribution in [2.75, 3.05) is 0 Å². The number of nitrogens with one attached hydrogen (secondary N) is 1. The molecule has 4 nitrogen and oxygen atoms in total. The molecule has 1 atom stereocenters. The molecule has 0 spiro atoms. The number of carbonyl (C=O) groups is 2. The monoisotopic (exact) mass is 307 g/mol. The fourth-order valence-electron chi connectivity index (χ4n) is 2.99. The quantitative estimate of drug-likeness (QED) is 0.702. The number of aliphatic carboxylic acids is 1. The first kappa shape index (κ1) is 15.0. The molecule has 0 amide bonds. The number of carbonyl (C=O) groups excluding carboxylic acids is 1. The van der Waals surface area contributed by atoms with Gasteiger partial charge in [-0.2, -0.15) is 0 Å². The van der Waals surface area contributed by atoms with Crippen LogP contribution in [0.1, 0.15) is 34.0 Å². The van der Waals surface area contributed by atoms with Gasteiger partial charge in [0.05, 0.1) is 5.92 Å². The highest BCUT2D eigenvalue weighted by molar-refractivity contribution is 6.00. The lowest BCUT2D eigenvalue weighted by atomic mass is 9.89. The van der Waals surface area contributed by atoms with Gasteiger partial charge in [0.25, 0.3) is 0 Å². The van der Waals surface area contributed by atoms with Crippen molar-refractivity contribution in [1.82, 2.24) is 4.98 Å². The summed E-state index contributed by atoms with van der Waals surface area (Å²) in [6, 6.07) is 16.4. The van der Waals surface area contributed by atoms with Crippen molar-refractivity contribution >= 4 is 22.7 Å². The summed E-state index contributed by atoms with van der Waals surface area (Å²) in [6.45, 7) is 1.85. The van der Waals surface area contributed by atoms with Gasteiger partial charge in [-0.3, -0.25) is 9.59 Å². The van der Waals surface area contributed by atoms with Crippen LogP contribution in [0.4, 0.5) is 0 Å². The molecule has 0 aliphatic rings. The average molecular weight is 307 g/mol. The molecule has 0 saturated carbocycles. The third kappa shape index (κ3) is 2.88. The summed E-state index contributed by atoms with van der Waals surface area (Å²) in [4.78, 5) is 27.4. The Bertz CT molecular complexity index is 865. The van der Waals surface area contributed by atoms with Crippen LogP contribution in [0.25, 0.3) is 10.9 Å². The second-order valence-electron chi connectivity index (χ2n) is 5.59. The maximum Gasteiger partial charge on any atom is 0.311 e. The molecule has 3 rings (SSSR count). The Balaban J connectivity index is 2.00. The van der Waals surface area contributed by atoms with Gasteiger partial charge in [-0.05, 0) is 18.6 Å². The normalized spacial score (nSPS) is 12.2. The third-order valence-corrected chi connectivity index (χ3v) is 4.08. The Morgan fingerprint density at radius 1 is 1.04 bits per heavy atom. The van der Waals surface area contributed by atoms with Crippen LogP contribution in [-0.4, -0.2) is 21.8 Å². The Labute approximate surface area is 133 Å². The maximum atomic E-state index is 12.4. The zero-order chi connectivity index (χ0) is 16.4. The molecule has 2 N–H and O–H groups in total. The second kappa shape index (κ2) is 6.08. The molecule has 1 aromatic heterocycles. The fraction of sp³-hybridized carbons (Fsp3) is 0.158. The van der Waals surface area contributed by atoms with Crippen LogP contribution in [0.15, 0.2) is 54.6 Å². The van der Waals surface area contributed by atoms with Crippen LogP contribution in [0.3, 0.4) is 0 Å². The van der Waals surface area contributed by atoms with E-state index in [4.69, 9.17) is 0 Å². The number of aromatic nitrogens is 1. The predicted octanol–water partition coefficient (Wildman–Crippen LogP) is 3.92. The first-order valence-electron chi connectivity index (χ1n) is 7.46. The molecular formula is C19H17NO3. The lowest BCUT2D eigenvalue weighted by molar-refractivity contribution is -0.138. The van der Waals surface area contributed by atoms with Gasteiger partial charge in [0.2, 0.25) is 0 Å². The standard InChI is InChI=1S/C19H17NO3/c1-12-18(14-9-5-6-10-16(14)20-12)15(19(22)23)11-17(21)13-7-3-2-4-8-13/h2-10,15,20H,11H2,1H3,(H,22,23)/t15-/m1/s1. The first-order valence-corrected chi connectivity index (χ1v) is 7.46. The average Bonchev–Trinajstić information content (AvgIpc) is 2.88. The van der Waals surface area contributed by atoms with E-state index in [1.165, 1.54) is 0 Å². The topological polar surface area (TPSA) is 70.2 Å². The molecule has 3 aromatic rings. The Morgan fingerprint density at radius 2 is 1.70 bits per heavy atom. The molecule has 0 aliphatic heterocycles. The lowest BCUT2D eigenvalue weighted by Gasteiger charge is -2.12. The minimum atomic E-state index is -0.984. The number of hydrogen-bond donors (Lipinski definition) is 2. The number of ketones is 1. The summed E-state index contributed by atoms with van der Waals surface area (Å²) in [5.41, 5.74) is 2.91. The summed E-state index contributed by atoms with van der Waals surface area (Å²) in [5, 5.41) is 10.5. The van der Waals surface area contributed by atoms with Gasteiger partial charge < -0.3 is 10.1 Å². The molecule has 0 bridgehead atoms. The number of aryl methyl sites for hydroxylation is 1. The smallest absolute Gasteiger partial charge is 0.311 e. The Hall–Kier alpha value is -2.88. The van der Waals surface area contributed by atoms with E-state index in [1.54, 1.807) is 24.3 Å². The molecule has 0 saturated heterocycles. The van der Waals surface area contributed by atoms with Crippen molar-refractivity contribution in [2.45, 2.75) is 19.3 Å². The number of fused-ring (bicyclic) bond motifs is 1. The van der Waals surface area contributed by atoms with Gasteiger partial charge in [0.15, 0.2) is 5.78 Å². The maximum absolute atomic E-state index is 12.4. The Kier molecular flexibility index (Phi) is 3.98. The number of rotatable bonds is 5. The van der Waals surface area contributed by atoms with Crippen molar-refractivity contribution in [3.8, 4) is 0 Å². The van der Waals surface area contributed by atoms with E-state index in [2.05, 4.69) is 4.98 Å². The number of carboxylic acids is 1.